The van der Waals surface area contributed by atoms with Gasteiger partial charge in [0.05, 0.1) is 16.4 Å². The summed E-state index contributed by atoms with van der Waals surface area (Å²) in [5, 5.41) is 10.6. The molecule has 0 unspecified atom stereocenters. The first-order chi connectivity index (χ1) is 14.9. The van der Waals surface area contributed by atoms with E-state index in [0.717, 1.165) is 22.2 Å². The molecule has 0 saturated carbocycles. The zero-order chi connectivity index (χ0) is 22.1. The van der Waals surface area contributed by atoms with E-state index < -0.39 is 18.5 Å². The highest BCUT2D eigenvalue weighted by Crippen LogP contribution is 2.40. The second-order valence-corrected chi connectivity index (χ2v) is 7.89. The molecule has 1 aromatic heterocycles. The van der Waals surface area contributed by atoms with E-state index in [0.29, 0.717) is 28.6 Å². The van der Waals surface area contributed by atoms with Gasteiger partial charge in [0.1, 0.15) is 5.75 Å². The Balaban J connectivity index is 2.10. The topological polar surface area (TPSA) is 94.6 Å². The van der Waals surface area contributed by atoms with Crippen molar-refractivity contribution < 1.29 is 19.4 Å². The first kappa shape index (κ1) is 20.5. The summed E-state index contributed by atoms with van der Waals surface area (Å²) in [6.45, 7) is 4.26. The number of carboxylic acids is 1. The van der Waals surface area contributed by atoms with Gasteiger partial charge in [-0.05, 0) is 41.3 Å². The number of nitrogens with zero attached hydrogens (tertiary/aromatic N) is 1. The number of hydrogen-bond acceptors (Lipinski definition) is 3. The molecular weight excluding hydrogens is 392 g/mol. The molecule has 0 fully saturated rings. The Morgan fingerprint density at radius 3 is 2.39 bits per heavy atom. The highest BCUT2D eigenvalue weighted by molar-refractivity contribution is 6.20. The van der Waals surface area contributed by atoms with Gasteiger partial charge in [-0.2, -0.15) is 0 Å². The standard InChI is InChI=1S/C25H24N2O4/c1-15(2)17-11-20-24(21(12-17)31-14-22(28)29)23-18(25(26)30)9-6-10-19(23)27(20)13-16-7-4-3-5-8-16/h3-12,15H,13-14H2,1-2H3,(H2,26,30)(H,28,29). The van der Waals surface area contributed by atoms with Crippen molar-refractivity contribution >= 4 is 33.7 Å². The minimum atomic E-state index is -1.06. The molecule has 158 valence electrons. The van der Waals surface area contributed by atoms with Crippen LogP contribution < -0.4 is 10.5 Å². The van der Waals surface area contributed by atoms with E-state index in [1.54, 1.807) is 6.07 Å². The third-order valence-corrected chi connectivity index (χ3v) is 5.44. The molecule has 1 amide bonds. The highest BCUT2D eigenvalue weighted by atomic mass is 16.5. The van der Waals surface area contributed by atoms with Crippen LogP contribution in [0.4, 0.5) is 0 Å². The Morgan fingerprint density at radius 2 is 1.74 bits per heavy atom. The molecule has 6 heteroatoms. The van der Waals surface area contributed by atoms with Crippen molar-refractivity contribution in [2.24, 2.45) is 5.73 Å². The summed E-state index contributed by atoms with van der Waals surface area (Å²) >= 11 is 0. The molecule has 0 atom stereocenters. The summed E-state index contributed by atoms with van der Waals surface area (Å²) in [4.78, 5) is 23.5. The van der Waals surface area contributed by atoms with Crippen molar-refractivity contribution in [1.82, 2.24) is 4.57 Å². The molecule has 0 spiro atoms. The van der Waals surface area contributed by atoms with Crippen molar-refractivity contribution in [3.05, 3.63) is 77.4 Å². The zero-order valence-electron chi connectivity index (χ0n) is 17.5. The van der Waals surface area contributed by atoms with Gasteiger partial charge in [-0.25, -0.2) is 4.79 Å². The van der Waals surface area contributed by atoms with Gasteiger partial charge >= 0.3 is 5.97 Å². The molecule has 4 rings (SSSR count). The van der Waals surface area contributed by atoms with Gasteiger partial charge in [0.2, 0.25) is 5.91 Å². The van der Waals surface area contributed by atoms with Gasteiger partial charge < -0.3 is 20.1 Å². The minimum absolute atomic E-state index is 0.204. The minimum Gasteiger partial charge on any atom is -0.481 e. The Hall–Kier alpha value is -3.80. The van der Waals surface area contributed by atoms with Gasteiger partial charge in [-0.1, -0.05) is 50.2 Å². The molecule has 31 heavy (non-hydrogen) atoms. The molecule has 0 aliphatic rings. The van der Waals surface area contributed by atoms with Crippen LogP contribution in [0.5, 0.6) is 5.75 Å². The number of ether oxygens (including phenoxy) is 1. The Morgan fingerprint density at radius 1 is 1.00 bits per heavy atom. The first-order valence-corrected chi connectivity index (χ1v) is 10.1. The van der Waals surface area contributed by atoms with Crippen LogP contribution in [-0.4, -0.2) is 28.2 Å². The number of amides is 1. The largest absolute Gasteiger partial charge is 0.481 e. The van der Waals surface area contributed by atoms with Crippen LogP contribution in [0.1, 0.15) is 41.3 Å². The average Bonchev–Trinajstić information content (AvgIpc) is 3.06. The molecule has 1 heterocycles. The molecule has 0 bridgehead atoms. The van der Waals surface area contributed by atoms with Crippen molar-refractivity contribution in [3.8, 4) is 5.75 Å². The van der Waals surface area contributed by atoms with E-state index in [1.165, 1.54) is 0 Å². The monoisotopic (exact) mass is 416 g/mol. The summed E-state index contributed by atoms with van der Waals surface area (Å²) < 4.78 is 7.84. The molecule has 0 radical (unpaired) electrons. The molecule has 4 aromatic rings. The number of nitrogens with two attached hydrogens (primary N) is 1. The highest BCUT2D eigenvalue weighted by Gasteiger charge is 2.21. The smallest absolute Gasteiger partial charge is 0.341 e. The van der Waals surface area contributed by atoms with Crippen LogP contribution in [0.25, 0.3) is 21.8 Å². The third-order valence-electron chi connectivity index (χ3n) is 5.44. The normalized spacial score (nSPS) is 11.3. The molecule has 6 nitrogen and oxygen atoms in total. The zero-order valence-corrected chi connectivity index (χ0v) is 17.5. The number of rotatable bonds is 7. The van der Waals surface area contributed by atoms with Gasteiger partial charge in [-0.3, -0.25) is 4.79 Å². The number of carbonyl (C=O) groups is 2. The van der Waals surface area contributed by atoms with Crippen LogP contribution in [-0.2, 0) is 11.3 Å². The lowest BCUT2D eigenvalue weighted by molar-refractivity contribution is -0.139. The maximum atomic E-state index is 12.3. The van der Waals surface area contributed by atoms with Crippen LogP contribution in [0, 0.1) is 0 Å². The van der Waals surface area contributed by atoms with Gasteiger partial charge in [0.15, 0.2) is 6.61 Å². The second kappa shape index (κ2) is 8.14. The number of hydrogen-bond donors (Lipinski definition) is 2. The fourth-order valence-electron chi connectivity index (χ4n) is 3.97. The predicted octanol–water partition coefficient (Wildman–Crippen LogP) is 4.53. The second-order valence-electron chi connectivity index (χ2n) is 7.89. The van der Waals surface area contributed by atoms with E-state index >= 15 is 0 Å². The van der Waals surface area contributed by atoms with E-state index in [1.807, 2.05) is 48.5 Å². The number of fused-ring (bicyclic) bond motifs is 3. The maximum absolute atomic E-state index is 12.3. The van der Waals surface area contributed by atoms with Crippen LogP contribution >= 0.6 is 0 Å². The summed E-state index contributed by atoms with van der Waals surface area (Å²) in [7, 11) is 0. The summed E-state index contributed by atoms with van der Waals surface area (Å²) in [6.07, 6.45) is 0. The van der Waals surface area contributed by atoms with Crippen molar-refractivity contribution in [2.45, 2.75) is 26.3 Å². The van der Waals surface area contributed by atoms with Crippen molar-refractivity contribution in [1.29, 1.82) is 0 Å². The summed E-state index contributed by atoms with van der Waals surface area (Å²) in [5.74, 6) is -0.961. The van der Waals surface area contributed by atoms with Gasteiger partial charge in [-0.15, -0.1) is 0 Å². The Kier molecular flexibility index (Phi) is 5.38. The molecule has 3 aromatic carbocycles. The number of benzene rings is 3. The van der Waals surface area contributed by atoms with Gasteiger partial charge in [0.25, 0.3) is 0 Å². The summed E-state index contributed by atoms with van der Waals surface area (Å²) in [6, 6.07) is 19.4. The lowest BCUT2D eigenvalue weighted by Crippen LogP contribution is -2.12. The van der Waals surface area contributed by atoms with E-state index in [-0.39, 0.29) is 5.92 Å². The quantitative estimate of drug-likeness (QED) is 0.463. The molecule has 0 aliphatic carbocycles. The first-order valence-electron chi connectivity index (χ1n) is 10.1. The average molecular weight is 416 g/mol. The van der Waals surface area contributed by atoms with Crippen LogP contribution in [0.2, 0.25) is 0 Å². The Labute approximate surface area is 179 Å². The lowest BCUT2D eigenvalue weighted by Gasteiger charge is -2.13. The lowest BCUT2D eigenvalue weighted by atomic mass is 9.99. The molecule has 0 aliphatic heterocycles. The van der Waals surface area contributed by atoms with Crippen LogP contribution in [0.15, 0.2) is 60.7 Å². The number of aliphatic carboxylic acids is 1. The SMILES string of the molecule is CC(C)c1cc(OCC(=O)O)c2c3c(C(N)=O)cccc3n(Cc3ccccc3)c2c1. The fraction of sp³-hybridized carbons (Fsp3) is 0.200. The van der Waals surface area contributed by atoms with Gasteiger partial charge in [0, 0.05) is 17.5 Å². The fourth-order valence-corrected chi connectivity index (χ4v) is 3.97. The molecular formula is C25H24N2O4. The van der Waals surface area contributed by atoms with E-state index in [4.69, 9.17) is 10.5 Å². The van der Waals surface area contributed by atoms with Crippen molar-refractivity contribution in [3.63, 3.8) is 0 Å². The third kappa shape index (κ3) is 3.84. The maximum Gasteiger partial charge on any atom is 0.341 e. The van der Waals surface area contributed by atoms with E-state index in [9.17, 15) is 14.7 Å². The predicted molar refractivity (Wildman–Crippen MR) is 121 cm³/mol. The summed E-state index contributed by atoms with van der Waals surface area (Å²) in [5.41, 5.74) is 9.92. The van der Waals surface area contributed by atoms with Crippen LogP contribution in [0.3, 0.4) is 0 Å². The molecule has 0 saturated heterocycles. The molecule has 3 N–H and O–H groups in total. The number of carboxylic acid groups (broad SMARTS) is 1. The number of primary amides is 1. The van der Waals surface area contributed by atoms with E-state index in [2.05, 4.69) is 24.5 Å². The number of carbonyl (C=O) groups excluding carboxylic acids is 1. The van der Waals surface area contributed by atoms with Crippen molar-refractivity contribution in [2.75, 3.05) is 6.61 Å². The number of aromatic nitrogens is 1. The Bertz CT molecular complexity index is 1290.